The SMILES string of the molecule is COc1ccc2c(c1)C(NOCC(N)=O)CC2. The number of nitrogens with one attached hydrogen (secondary N) is 1. The van der Waals surface area contributed by atoms with Gasteiger partial charge in [0.25, 0.3) is 0 Å². The van der Waals surface area contributed by atoms with Gasteiger partial charge >= 0.3 is 0 Å². The van der Waals surface area contributed by atoms with E-state index in [9.17, 15) is 4.79 Å². The van der Waals surface area contributed by atoms with E-state index < -0.39 is 5.91 Å². The van der Waals surface area contributed by atoms with Crippen molar-refractivity contribution in [3.63, 3.8) is 0 Å². The predicted molar refractivity (Wildman–Crippen MR) is 62.3 cm³/mol. The Balaban J connectivity index is 2.02. The standard InChI is InChI=1S/C12H16N2O3/c1-16-9-4-2-8-3-5-11(10(8)6-9)14-17-7-12(13)15/h2,4,6,11,14H,3,5,7H2,1H3,(H2,13,15). The summed E-state index contributed by atoms with van der Waals surface area (Å²) in [7, 11) is 1.64. The molecular weight excluding hydrogens is 220 g/mol. The Morgan fingerprint density at radius 2 is 2.41 bits per heavy atom. The zero-order valence-corrected chi connectivity index (χ0v) is 9.73. The minimum atomic E-state index is -0.485. The molecule has 1 atom stereocenters. The molecule has 0 saturated heterocycles. The molecule has 1 aliphatic carbocycles. The summed E-state index contributed by atoms with van der Waals surface area (Å²) in [4.78, 5) is 15.6. The molecule has 1 aromatic carbocycles. The van der Waals surface area contributed by atoms with Gasteiger partial charge in [-0.15, -0.1) is 0 Å². The van der Waals surface area contributed by atoms with Crippen molar-refractivity contribution in [2.45, 2.75) is 18.9 Å². The third-order valence-electron chi connectivity index (χ3n) is 2.87. The van der Waals surface area contributed by atoms with E-state index in [2.05, 4.69) is 11.5 Å². The molecule has 92 valence electrons. The van der Waals surface area contributed by atoms with Crippen LogP contribution in [0.2, 0.25) is 0 Å². The summed E-state index contributed by atoms with van der Waals surface area (Å²) >= 11 is 0. The Morgan fingerprint density at radius 3 is 3.12 bits per heavy atom. The highest BCUT2D eigenvalue weighted by Crippen LogP contribution is 2.33. The molecular formula is C12H16N2O3. The van der Waals surface area contributed by atoms with Gasteiger partial charge in [-0.25, -0.2) is 0 Å². The minimum Gasteiger partial charge on any atom is -0.497 e. The number of hydrogen-bond donors (Lipinski definition) is 2. The Hall–Kier alpha value is -1.59. The Labute approximate surface area is 99.8 Å². The number of benzene rings is 1. The first kappa shape index (κ1) is 11.9. The summed E-state index contributed by atoms with van der Waals surface area (Å²) in [5, 5.41) is 0. The predicted octanol–water partition coefficient (Wildman–Crippen LogP) is 0.689. The number of primary amides is 1. The lowest BCUT2D eigenvalue weighted by Gasteiger charge is -2.13. The Morgan fingerprint density at radius 1 is 1.59 bits per heavy atom. The molecule has 0 radical (unpaired) electrons. The number of carbonyl (C=O) groups excluding carboxylic acids is 1. The second kappa shape index (κ2) is 5.16. The first-order chi connectivity index (χ1) is 8.20. The van der Waals surface area contributed by atoms with E-state index in [4.69, 9.17) is 15.3 Å². The maximum Gasteiger partial charge on any atom is 0.245 e. The molecule has 5 heteroatoms. The number of fused-ring (bicyclic) bond motifs is 1. The number of hydrogen-bond acceptors (Lipinski definition) is 4. The number of rotatable bonds is 5. The summed E-state index contributed by atoms with van der Waals surface area (Å²) in [6, 6.07) is 6.10. The molecule has 2 rings (SSSR count). The van der Waals surface area contributed by atoms with Crippen molar-refractivity contribution in [3.05, 3.63) is 29.3 Å². The van der Waals surface area contributed by atoms with Crippen LogP contribution in [0.1, 0.15) is 23.6 Å². The zero-order chi connectivity index (χ0) is 12.3. The molecule has 0 heterocycles. The lowest BCUT2D eigenvalue weighted by Crippen LogP contribution is -2.27. The average molecular weight is 236 g/mol. The molecule has 0 aliphatic heterocycles. The largest absolute Gasteiger partial charge is 0.497 e. The highest BCUT2D eigenvalue weighted by molar-refractivity contribution is 5.74. The van der Waals surface area contributed by atoms with Crippen LogP contribution in [0, 0.1) is 0 Å². The van der Waals surface area contributed by atoms with Gasteiger partial charge in [0, 0.05) is 0 Å². The maximum absolute atomic E-state index is 10.6. The molecule has 1 amide bonds. The van der Waals surface area contributed by atoms with Crippen LogP contribution in [-0.4, -0.2) is 19.6 Å². The van der Waals surface area contributed by atoms with Gasteiger partial charge in [0.05, 0.1) is 13.2 Å². The highest BCUT2D eigenvalue weighted by Gasteiger charge is 2.23. The van der Waals surface area contributed by atoms with E-state index in [1.807, 2.05) is 12.1 Å². The molecule has 0 bridgehead atoms. The topological polar surface area (TPSA) is 73.6 Å². The third kappa shape index (κ3) is 2.75. The maximum atomic E-state index is 10.6. The van der Waals surface area contributed by atoms with Gasteiger partial charge in [0.2, 0.25) is 5.91 Å². The van der Waals surface area contributed by atoms with E-state index in [-0.39, 0.29) is 12.6 Å². The molecule has 3 N–H and O–H groups in total. The third-order valence-corrected chi connectivity index (χ3v) is 2.87. The second-order valence-corrected chi connectivity index (χ2v) is 4.03. The number of aryl methyl sites for hydroxylation is 1. The zero-order valence-electron chi connectivity index (χ0n) is 9.73. The number of ether oxygens (including phenoxy) is 1. The van der Waals surface area contributed by atoms with Crippen LogP contribution in [0.4, 0.5) is 0 Å². The molecule has 1 aromatic rings. The van der Waals surface area contributed by atoms with Crippen molar-refractivity contribution < 1.29 is 14.4 Å². The van der Waals surface area contributed by atoms with Crippen LogP contribution in [-0.2, 0) is 16.1 Å². The Kier molecular flexibility index (Phi) is 3.61. The van der Waals surface area contributed by atoms with Crippen molar-refractivity contribution in [2.75, 3.05) is 13.7 Å². The normalized spacial score (nSPS) is 17.8. The van der Waals surface area contributed by atoms with Crippen LogP contribution in [0.15, 0.2) is 18.2 Å². The van der Waals surface area contributed by atoms with E-state index in [1.54, 1.807) is 7.11 Å². The molecule has 0 spiro atoms. The monoisotopic (exact) mass is 236 g/mol. The van der Waals surface area contributed by atoms with Gasteiger partial charge in [-0.2, -0.15) is 5.48 Å². The number of hydroxylamine groups is 1. The highest BCUT2D eigenvalue weighted by atomic mass is 16.6. The van der Waals surface area contributed by atoms with Gasteiger partial charge in [0.15, 0.2) is 0 Å². The van der Waals surface area contributed by atoms with E-state index in [0.29, 0.717) is 0 Å². The van der Waals surface area contributed by atoms with E-state index in [0.717, 1.165) is 24.2 Å². The molecule has 0 fully saturated rings. The van der Waals surface area contributed by atoms with Crippen LogP contribution in [0.25, 0.3) is 0 Å². The summed E-state index contributed by atoms with van der Waals surface area (Å²) in [5.74, 6) is 0.341. The fraction of sp³-hybridized carbons (Fsp3) is 0.417. The molecule has 1 unspecified atom stereocenters. The molecule has 17 heavy (non-hydrogen) atoms. The molecule has 0 aromatic heterocycles. The van der Waals surface area contributed by atoms with Crippen molar-refractivity contribution in [2.24, 2.45) is 5.73 Å². The fourth-order valence-electron chi connectivity index (χ4n) is 2.04. The van der Waals surface area contributed by atoms with Crippen molar-refractivity contribution in [1.82, 2.24) is 5.48 Å². The van der Waals surface area contributed by atoms with Gasteiger partial charge < -0.3 is 10.5 Å². The van der Waals surface area contributed by atoms with Crippen LogP contribution in [0.5, 0.6) is 5.75 Å². The van der Waals surface area contributed by atoms with Crippen molar-refractivity contribution in [1.29, 1.82) is 0 Å². The average Bonchev–Trinajstić information content (AvgIpc) is 2.71. The molecule has 0 saturated carbocycles. The lowest BCUT2D eigenvalue weighted by atomic mass is 10.1. The van der Waals surface area contributed by atoms with Gasteiger partial charge in [-0.1, -0.05) is 6.07 Å². The number of methoxy groups -OCH3 is 1. The number of carbonyl (C=O) groups is 1. The quantitative estimate of drug-likeness (QED) is 0.738. The first-order valence-electron chi connectivity index (χ1n) is 5.53. The molecule has 1 aliphatic rings. The number of nitrogens with two attached hydrogens (primary N) is 1. The van der Waals surface area contributed by atoms with Crippen molar-refractivity contribution in [3.8, 4) is 5.75 Å². The van der Waals surface area contributed by atoms with Crippen molar-refractivity contribution >= 4 is 5.91 Å². The Bertz CT molecular complexity index is 420. The summed E-state index contributed by atoms with van der Waals surface area (Å²) in [6.07, 6.45) is 1.94. The first-order valence-corrected chi connectivity index (χ1v) is 5.53. The summed E-state index contributed by atoms with van der Waals surface area (Å²) in [6.45, 7) is -0.115. The second-order valence-electron chi connectivity index (χ2n) is 4.03. The molecule has 5 nitrogen and oxygen atoms in total. The van der Waals surface area contributed by atoms with Crippen LogP contribution < -0.4 is 16.0 Å². The van der Waals surface area contributed by atoms with E-state index in [1.165, 1.54) is 5.56 Å². The van der Waals surface area contributed by atoms with Crippen LogP contribution >= 0.6 is 0 Å². The van der Waals surface area contributed by atoms with Gasteiger partial charge in [0.1, 0.15) is 12.4 Å². The smallest absolute Gasteiger partial charge is 0.245 e. The van der Waals surface area contributed by atoms with Crippen LogP contribution in [0.3, 0.4) is 0 Å². The van der Waals surface area contributed by atoms with Gasteiger partial charge in [-0.05, 0) is 36.1 Å². The summed E-state index contributed by atoms with van der Waals surface area (Å²) < 4.78 is 5.19. The van der Waals surface area contributed by atoms with Gasteiger partial charge in [-0.3, -0.25) is 9.63 Å². The van der Waals surface area contributed by atoms with E-state index >= 15 is 0 Å². The lowest BCUT2D eigenvalue weighted by molar-refractivity contribution is -0.126. The fourth-order valence-corrected chi connectivity index (χ4v) is 2.04. The minimum absolute atomic E-state index is 0.0967. The summed E-state index contributed by atoms with van der Waals surface area (Å²) in [5.41, 5.74) is 10.3. The number of amides is 1.